The second kappa shape index (κ2) is 6.19. The zero-order valence-corrected chi connectivity index (χ0v) is 12.0. The molecule has 1 aromatic carbocycles. The number of nitrogens with one attached hydrogen (secondary N) is 2. The van der Waals surface area contributed by atoms with E-state index in [2.05, 4.69) is 15.6 Å². The fourth-order valence-corrected chi connectivity index (χ4v) is 1.96. The number of pyridine rings is 1. The van der Waals surface area contributed by atoms with Crippen molar-refractivity contribution in [3.63, 3.8) is 0 Å². The number of anilines is 1. The molecular weight excluding hydrogens is 250 g/mol. The Labute approximate surface area is 119 Å². The van der Waals surface area contributed by atoms with Crippen molar-refractivity contribution < 1.29 is 4.79 Å². The first kappa shape index (κ1) is 14.1. The molecule has 4 nitrogen and oxygen atoms in total. The van der Waals surface area contributed by atoms with E-state index in [1.165, 1.54) is 0 Å². The lowest BCUT2D eigenvalue weighted by atomic mass is 10.1. The van der Waals surface area contributed by atoms with E-state index in [4.69, 9.17) is 0 Å². The Balaban J connectivity index is 2.01. The van der Waals surface area contributed by atoms with Crippen molar-refractivity contribution >= 4 is 11.7 Å². The van der Waals surface area contributed by atoms with Gasteiger partial charge in [-0.1, -0.05) is 18.2 Å². The predicted octanol–water partition coefficient (Wildman–Crippen LogP) is 3.58. The lowest BCUT2D eigenvalue weighted by Crippen LogP contribution is -2.31. The second-order valence-corrected chi connectivity index (χ2v) is 4.85. The third-order valence-corrected chi connectivity index (χ3v) is 3.38. The van der Waals surface area contributed by atoms with Crippen LogP contribution in [0.1, 0.15) is 29.7 Å². The Hall–Kier alpha value is -2.36. The molecule has 0 aliphatic heterocycles. The van der Waals surface area contributed by atoms with Gasteiger partial charge in [0.25, 0.3) is 0 Å². The molecule has 1 atom stereocenters. The number of nitrogens with zero attached hydrogens (tertiary/aromatic N) is 1. The summed E-state index contributed by atoms with van der Waals surface area (Å²) < 4.78 is 0. The molecule has 0 aliphatic carbocycles. The van der Waals surface area contributed by atoms with Crippen molar-refractivity contribution in [2.24, 2.45) is 0 Å². The first-order valence-corrected chi connectivity index (χ1v) is 6.61. The molecule has 104 valence electrons. The summed E-state index contributed by atoms with van der Waals surface area (Å²) in [5, 5.41) is 5.78. The van der Waals surface area contributed by atoms with Crippen LogP contribution >= 0.6 is 0 Å². The van der Waals surface area contributed by atoms with Crippen LogP contribution < -0.4 is 10.6 Å². The Bertz CT molecular complexity index is 596. The van der Waals surface area contributed by atoms with Gasteiger partial charge >= 0.3 is 6.03 Å². The quantitative estimate of drug-likeness (QED) is 0.894. The summed E-state index contributed by atoms with van der Waals surface area (Å²) in [6.45, 7) is 5.95. The number of rotatable bonds is 3. The van der Waals surface area contributed by atoms with Crippen LogP contribution in [-0.4, -0.2) is 11.0 Å². The van der Waals surface area contributed by atoms with Gasteiger partial charge < -0.3 is 10.6 Å². The highest BCUT2D eigenvalue weighted by Crippen LogP contribution is 2.18. The smallest absolute Gasteiger partial charge is 0.319 e. The van der Waals surface area contributed by atoms with Gasteiger partial charge in [-0.2, -0.15) is 0 Å². The Morgan fingerprint density at radius 3 is 2.70 bits per heavy atom. The van der Waals surface area contributed by atoms with Crippen molar-refractivity contribution in [2.75, 3.05) is 5.32 Å². The normalized spacial score (nSPS) is 11.8. The molecular formula is C16H19N3O. The minimum atomic E-state index is -0.213. The van der Waals surface area contributed by atoms with Gasteiger partial charge in [-0.3, -0.25) is 4.98 Å². The van der Waals surface area contributed by atoms with Crippen LogP contribution in [0.2, 0.25) is 0 Å². The van der Waals surface area contributed by atoms with E-state index < -0.39 is 0 Å². The average molecular weight is 269 g/mol. The molecule has 1 unspecified atom stereocenters. The van der Waals surface area contributed by atoms with Gasteiger partial charge in [-0.15, -0.1) is 0 Å². The Morgan fingerprint density at radius 1 is 1.20 bits per heavy atom. The molecule has 1 heterocycles. The molecule has 2 N–H and O–H groups in total. The fraction of sp³-hybridized carbons (Fsp3) is 0.250. The standard InChI is InChI=1S/C16H19N3O/c1-11-6-4-8-15(12(11)2)19-16(20)18-13(3)14-7-5-9-17-10-14/h4-10,13H,1-3H3,(H2,18,19,20). The Kier molecular flexibility index (Phi) is 4.35. The maximum absolute atomic E-state index is 12.0. The van der Waals surface area contributed by atoms with Crippen molar-refractivity contribution in [1.29, 1.82) is 0 Å². The second-order valence-electron chi connectivity index (χ2n) is 4.85. The van der Waals surface area contributed by atoms with Crippen molar-refractivity contribution in [2.45, 2.75) is 26.8 Å². The van der Waals surface area contributed by atoms with Crippen molar-refractivity contribution in [3.05, 3.63) is 59.4 Å². The van der Waals surface area contributed by atoms with Crippen molar-refractivity contribution in [3.8, 4) is 0 Å². The number of aryl methyl sites for hydroxylation is 1. The maximum atomic E-state index is 12.0. The van der Waals surface area contributed by atoms with E-state index in [-0.39, 0.29) is 12.1 Å². The summed E-state index contributed by atoms with van der Waals surface area (Å²) in [7, 11) is 0. The highest BCUT2D eigenvalue weighted by atomic mass is 16.2. The van der Waals surface area contributed by atoms with Crippen LogP contribution in [0.4, 0.5) is 10.5 Å². The first-order chi connectivity index (χ1) is 9.58. The third-order valence-electron chi connectivity index (χ3n) is 3.38. The fourth-order valence-electron chi connectivity index (χ4n) is 1.96. The summed E-state index contributed by atoms with van der Waals surface area (Å²) >= 11 is 0. The van der Waals surface area contributed by atoms with E-state index in [0.29, 0.717) is 0 Å². The largest absolute Gasteiger partial charge is 0.331 e. The number of urea groups is 1. The van der Waals surface area contributed by atoms with Crippen LogP contribution in [0.3, 0.4) is 0 Å². The van der Waals surface area contributed by atoms with Gasteiger partial charge in [0.15, 0.2) is 0 Å². The van der Waals surface area contributed by atoms with Gasteiger partial charge in [-0.05, 0) is 49.6 Å². The number of amides is 2. The molecule has 0 fully saturated rings. The molecule has 2 aromatic rings. The molecule has 0 radical (unpaired) electrons. The highest BCUT2D eigenvalue weighted by molar-refractivity contribution is 5.90. The SMILES string of the molecule is Cc1cccc(NC(=O)NC(C)c2cccnc2)c1C. The van der Waals surface area contributed by atoms with Crippen molar-refractivity contribution in [1.82, 2.24) is 10.3 Å². The van der Waals surface area contributed by atoms with Gasteiger partial charge in [0.2, 0.25) is 0 Å². The number of hydrogen-bond acceptors (Lipinski definition) is 2. The zero-order valence-electron chi connectivity index (χ0n) is 12.0. The van der Waals surface area contributed by atoms with E-state index in [1.54, 1.807) is 12.4 Å². The van der Waals surface area contributed by atoms with Crippen LogP contribution in [-0.2, 0) is 0 Å². The van der Waals surface area contributed by atoms with Crippen LogP contribution in [0.5, 0.6) is 0 Å². The summed E-state index contributed by atoms with van der Waals surface area (Å²) in [5.74, 6) is 0. The van der Waals surface area contributed by atoms with Gasteiger partial charge in [0.05, 0.1) is 6.04 Å². The van der Waals surface area contributed by atoms with E-state index in [1.807, 2.05) is 51.1 Å². The molecule has 0 bridgehead atoms. The molecule has 0 saturated carbocycles. The first-order valence-electron chi connectivity index (χ1n) is 6.61. The van der Waals surface area contributed by atoms with Gasteiger partial charge in [0, 0.05) is 18.1 Å². The maximum Gasteiger partial charge on any atom is 0.319 e. The van der Waals surface area contributed by atoms with E-state index in [9.17, 15) is 4.79 Å². The van der Waals surface area contributed by atoms with Gasteiger partial charge in [-0.25, -0.2) is 4.79 Å². The number of hydrogen-bond donors (Lipinski definition) is 2. The summed E-state index contributed by atoms with van der Waals surface area (Å²) in [4.78, 5) is 16.1. The summed E-state index contributed by atoms with van der Waals surface area (Å²) in [5.41, 5.74) is 4.05. The molecule has 0 aliphatic rings. The zero-order chi connectivity index (χ0) is 14.5. The predicted molar refractivity (Wildman–Crippen MR) is 80.7 cm³/mol. The lowest BCUT2D eigenvalue weighted by molar-refractivity contribution is 0.249. The molecule has 2 rings (SSSR count). The minimum Gasteiger partial charge on any atom is -0.331 e. The van der Waals surface area contributed by atoms with Crippen LogP contribution in [0.15, 0.2) is 42.7 Å². The molecule has 0 saturated heterocycles. The molecule has 4 heteroatoms. The molecule has 2 amide bonds. The summed E-state index contributed by atoms with van der Waals surface area (Å²) in [6, 6.07) is 9.35. The van der Waals surface area contributed by atoms with Crippen LogP contribution in [0, 0.1) is 13.8 Å². The third kappa shape index (κ3) is 3.35. The number of aromatic nitrogens is 1. The topological polar surface area (TPSA) is 54.0 Å². The summed E-state index contributed by atoms with van der Waals surface area (Å²) in [6.07, 6.45) is 3.47. The number of carbonyl (C=O) groups is 1. The molecule has 0 spiro atoms. The van der Waals surface area contributed by atoms with E-state index >= 15 is 0 Å². The highest BCUT2D eigenvalue weighted by Gasteiger charge is 2.10. The lowest BCUT2D eigenvalue weighted by Gasteiger charge is -2.16. The van der Waals surface area contributed by atoms with Gasteiger partial charge in [0.1, 0.15) is 0 Å². The molecule has 20 heavy (non-hydrogen) atoms. The molecule has 1 aromatic heterocycles. The monoisotopic (exact) mass is 269 g/mol. The minimum absolute atomic E-state index is 0.0891. The van der Waals surface area contributed by atoms with E-state index in [0.717, 1.165) is 22.4 Å². The average Bonchev–Trinajstić information content (AvgIpc) is 2.45. The van der Waals surface area contributed by atoms with Crippen LogP contribution in [0.25, 0.3) is 0 Å². The Morgan fingerprint density at radius 2 is 2.00 bits per heavy atom. The number of benzene rings is 1. The number of carbonyl (C=O) groups excluding carboxylic acids is 1.